The summed E-state index contributed by atoms with van der Waals surface area (Å²) in [5.74, 6) is 0. The summed E-state index contributed by atoms with van der Waals surface area (Å²) in [5.41, 5.74) is 4.79. The van der Waals surface area contributed by atoms with Crippen molar-refractivity contribution in [3.05, 3.63) is 51.4 Å². The van der Waals surface area contributed by atoms with Crippen LogP contribution in [0.1, 0.15) is 11.1 Å². The van der Waals surface area contributed by atoms with Gasteiger partial charge in [0.15, 0.2) is 10.4 Å². The van der Waals surface area contributed by atoms with Crippen LogP contribution >= 0.6 is 23.8 Å². The Morgan fingerprint density at radius 1 is 1.21 bits per heavy atom. The lowest BCUT2D eigenvalue weighted by molar-refractivity contribution is 1.04. The summed E-state index contributed by atoms with van der Waals surface area (Å²) in [6.07, 6.45) is 1.82. The van der Waals surface area contributed by atoms with E-state index in [9.17, 15) is 0 Å². The highest BCUT2D eigenvalue weighted by molar-refractivity contribution is 7.71. The third-order valence-electron chi connectivity index (χ3n) is 3.00. The number of fused-ring (bicyclic) bond motifs is 1. The van der Waals surface area contributed by atoms with Gasteiger partial charge >= 0.3 is 0 Å². The minimum Gasteiger partial charge on any atom is -0.329 e. The fraction of sp³-hybridized carbons (Fsp3) is 0.143. The zero-order valence-corrected chi connectivity index (χ0v) is 12.1. The fourth-order valence-corrected chi connectivity index (χ4v) is 2.61. The van der Waals surface area contributed by atoms with Gasteiger partial charge in [-0.05, 0) is 55.4 Å². The van der Waals surface area contributed by atoms with Gasteiger partial charge in [0.2, 0.25) is 0 Å². The van der Waals surface area contributed by atoms with E-state index in [1.54, 1.807) is 0 Å². The third kappa shape index (κ3) is 2.07. The van der Waals surface area contributed by atoms with E-state index in [0.29, 0.717) is 9.79 Å². The maximum Gasteiger partial charge on any atom is 0.184 e. The molecule has 0 aliphatic heterocycles. The number of imidazole rings is 1. The molecule has 0 fully saturated rings. The van der Waals surface area contributed by atoms with Crippen LogP contribution in [0.2, 0.25) is 5.02 Å². The predicted octanol–water partition coefficient (Wildman–Crippen LogP) is 4.35. The second-order valence-corrected chi connectivity index (χ2v) is 5.40. The molecule has 3 aromatic rings. The van der Waals surface area contributed by atoms with Crippen molar-refractivity contribution in [3.8, 4) is 5.69 Å². The Hall–Kier alpha value is -1.65. The minimum atomic E-state index is 0.598. The first-order valence-corrected chi connectivity index (χ1v) is 6.69. The first-order valence-electron chi connectivity index (χ1n) is 5.90. The van der Waals surface area contributed by atoms with Crippen LogP contribution in [0.25, 0.3) is 16.9 Å². The molecule has 1 N–H and O–H groups in total. The topological polar surface area (TPSA) is 33.6 Å². The number of halogens is 1. The molecule has 0 unspecified atom stereocenters. The zero-order valence-electron chi connectivity index (χ0n) is 10.6. The van der Waals surface area contributed by atoms with Crippen LogP contribution in [0.5, 0.6) is 0 Å². The van der Waals surface area contributed by atoms with E-state index in [0.717, 1.165) is 28.0 Å². The Kier molecular flexibility index (Phi) is 2.92. The third-order valence-corrected chi connectivity index (χ3v) is 3.61. The molecule has 2 heterocycles. The highest BCUT2D eigenvalue weighted by Crippen LogP contribution is 2.25. The number of pyridine rings is 1. The Bertz CT molecular complexity index is 832. The quantitative estimate of drug-likeness (QED) is 0.676. The number of rotatable bonds is 1. The molecule has 0 radical (unpaired) electrons. The average Bonchev–Trinajstić information content (AvgIpc) is 2.67. The number of benzene rings is 1. The Morgan fingerprint density at radius 3 is 2.79 bits per heavy atom. The molecule has 2 aromatic heterocycles. The van der Waals surface area contributed by atoms with Crippen LogP contribution in [0.3, 0.4) is 0 Å². The van der Waals surface area contributed by atoms with Crippen molar-refractivity contribution in [2.75, 3.05) is 0 Å². The summed E-state index contributed by atoms with van der Waals surface area (Å²) in [7, 11) is 0. The van der Waals surface area contributed by atoms with Gasteiger partial charge in [-0.1, -0.05) is 17.7 Å². The van der Waals surface area contributed by atoms with Crippen molar-refractivity contribution in [1.82, 2.24) is 14.5 Å². The average molecular weight is 290 g/mol. The summed E-state index contributed by atoms with van der Waals surface area (Å²) < 4.78 is 2.47. The summed E-state index contributed by atoms with van der Waals surface area (Å²) in [6, 6.07) is 7.88. The molecule has 19 heavy (non-hydrogen) atoms. The van der Waals surface area contributed by atoms with E-state index in [1.807, 2.05) is 48.9 Å². The highest BCUT2D eigenvalue weighted by Gasteiger charge is 2.11. The summed E-state index contributed by atoms with van der Waals surface area (Å²) in [4.78, 5) is 7.62. The van der Waals surface area contributed by atoms with E-state index in [-0.39, 0.29) is 0 Å². The monoisotopic (exact) mass is 289 g/mol. The van der Waals surface area contributed by atoms with Crippen molar-refractivity contribution in [1.29, 1.82) is 0 Å². The summed E-state index contributed by atoms with van der Waals surface area (Å²) >= 11 is 11.7. The normalized spacial score (nSPS) is 11.1. The number of aromatic amines is 1. The second-order valence-electron chi connectivity index (χ2n) is 4.60. The largest absolute Gasteiger partial charge is 0.329 e. The van der Waals surface area contributed by atoms with Gasteiger partial charge in [0.1, 0.15) is 0 Å². The number of hydrogen-bond acceptors (Lipinski definition) is 2. The van der Waals surface area contributed by atoms with E-state index >= 15 is 0 Å². The molecular formula is C14H12ClN3S. The summed E-state index contributed by atoms with van der Waals surface area (Å²) in [5, 5.41) is 0.657. The molecular weight excluding hydrogens is 278 g/mol. The molecule has 96 valence electrons. The molecule has 0 spiro atoms. The number of nitrogens with one attached hydrogen (secondary N) is 1. The lowest BCUT2D eigenvalue weighted by atomic mass is 10.2. The van der Waals surface area contributed by atoms with Gasteiger partial charge in [-0.15, -0.1) is 0 Å². The lowest BCUT2D eigenvalue weighted by Crippen LogP contribution is -1.97. The Balaban J connectivity index is 2.39. The highest BCUT2D eigenvalue weighted by atomic mass is 35.5. The van der Waals surface area contributed by atoms with E-state index < -0.39 is 0 Å². The molecule has 1 aromatic carbocycles. The maximum atomic E-state index is 6.28. The Morgan fingerprint density at radius 2 is 2.00 bits per heavy atom. The van der Waals surface area contributed by atoms with Crippen LogP contribution in [0.4, 0.5) is 0 Å². The van der Waals surface area contributed by atoms with Crippen molar-refractivity contribution < 1.29 is 0 Å². The van der Waals surface area contributed by atoms with Crippen molar-refractivity contribution in [2.45, 2.75) is 13.8 Å². The van der Waals surface area contributed by atoms with Crippen LogP contribution in [0.15, 0.2) is 30.5 Å². The molecule has 0 saturated carbocycles. The molecule has 5 heteroatoms. The molecule has 3 nitrogen and oxygen atoms in total. The van der Waals surface area contributed by atoms with Crippen molar-refractivity contribution >= 4 is 35.0 Å². The van der Waals surface area contributed by atoms with Gasteiger partial charge in [0.05, 0.1) is 16.2 Å². The van der Waals surface area contributed by atoms with Gasteiger partial charge < -0.3 is 4.98 Å². The first kappa shape index (κ1) is 12.4. The standard InChI is InChI=1S/C14H12ClN3S/c1-8-3-4-10(15)12(6-8)18-13-11(17-14(18)19)5-9(2)7-16-13/h3-7H,1-2H3,(H,17,19). The van der Waals surface area contributed by atoms with Crippen LogP contribution in [-0.4, -0.2) is 14.5 Å². The van der Waals surface area contributed by atoms with E-state index in [4.69, 9.17) is 23.8 Å². The van der Waals surface area contributed by atoms with Gasteiger partial charge in [-0.3, -0.25) is 4.57 Å². The lowest BCUT2D eigenvalue weighted by Gasteiger charge is -2.07. The first-order chi connectivity index (χ1) is 9.06. The number of hydrogen-bond donors (Lipinski definition) is 1. The summed E-state index contributed by atoms with van der Waals surface area (Å²) in [6.45, 7) is 4.02. The second kappa shape index (κ2) is 4.47. The molecule has 0 aliphatic carbocycles. The number of aryl methyl sites for hydroxylation is 2. The van der Waals surface area contributed by atoms with Crippen molar-refractivity contribution in [3.63, 3.8) is 0 Å². The molecule has 3 rings (SSSR count). The molecule has 0 atom stereocenters. The van der Waals surface area contributed by atoms with Gasteiger partial charge in [0.25, 0.3) is 0 Å². The van der Waals surface area contributed by atoms with Gasteiger partial charge in [-0.25, -0.2) is 4.98 Å². The number of nitrogens with zero attached hydrogens (tertiary/aromatic N) is 2. The van der Waals surface area contributed by atoms with Gasteiger partial charge in [-0.2, -0.15) is 0 Å². The smallest absolute Gasteiger partial charge is 0.184 e. The maximum absolute atomic E-state index is 6.28. The molecule has 0 amide bonds. The van der Waals surface area contributed by atoms with Gasteiger partial charge in [0, 0.05) is 6.20 Å². The van der Waals surface area contributed by atoms with E-state index in [1.165, 1.54) is 0 Å². The van der Waals surface area contributed by atoms with E-state index in [2.05, 4.69) is 9.97 Å². The molecule has 0 saturated heterocycles. The molecule has 0 aliphatic rings. The number of aromatic nitrogens is 3. The minimum absolute atomic E-state index is 0.598. The Labute approximate surface area is 120 Å². The zero-order chi connectivity index (χ0) is 13.6. The molecule has 0 bridgehead atoms. The predicted molar refractivity (Wildman–Crippen MR) is 80.7 cm³/mol. The van der Waals surface area contributed by atoms with Crippen LogP contribution < -0.4 is 0 Å². The fourth-order valence-electron chi connectivity index (χ4n) is 2.12. The SMILES string of the molecule is Cc1ccc(Cl)c(-n2c(=S)[nH]c3cc(C)cnc32)c1. The van der Waals surface area contributed by atoms with Crippen LogP contribution in [0, 0.1) is 18.6 Å². The number of H-pyrrole nitrogens is 1. The van der Waals surface area contributed by atoms with Crippen molar-refractivity contribution in [2.24, 2.45) is 0 Å². The van der Waals surface area contributed by atoms with Crippen LogP contribution in [-0.2, 0) is 0 Å².